The summed E-state index contributed by atoms with van der Waals surface area (Å²) in [6, 6.07) is 3.81. The Hall–Kier alpha value is -0.760. The third kappa shape index (κ3) is 1.90. The van der Waals surface area contributed by atoms with Crippen LogP contribution in [0.15, 0.2) is 22.8 Å². The molecule has 1 aromatic rings. The highest BCUT2D eigenvalue weighted by Crippen LogP contribution is 2.01. The van der Waals surface area contributed by atoms with Crippen LogP contribution in [-0.4, -0.2) is 11.9 Å². The second-order valence-corrected chi connectivity index (χ2v) is 2.09. The molecule has 1 aromatic heterocycles. The largest absolute Gasteiger partial charge is 0.468 e. The van der Waals surface area contributed by atoms with Gasteiger partial charge in [-0.1, -0.05) is 0 Å². The van der Waals surface area contributed by atoms with Gasteiger partial charge in [0.15, 0.2) is 0 Å². The molecule has 0 aromatic carbocycles. The molecule has 0 N–H and O–H groups in total. The molecule has 0 amide bonds. The van der Waals surface area contributed by atoms with Crippen molar-refractivity contribution in [3.63, 3.8) is 0 Å². The molecule has 0 saturated heterocycles. The molecule has 0 unspecified atom stereocenters. The van der Waals surface area contributed by atoms with Crippen molar-refractivity contribution in [3.05, 3.63) is 31.2 Å². The Kier molecular flexibility index (Phi) is 1.90. The number of nitrogens with zero attached hydrogens (tertiary/aromatic N) is 1. The van der Waals surface area contributed by atoms with E-state index in [9.17, 15) is 0 Å². The third-order valence-corrected chi connectivity index (χ3v) is 1.01. The van der Waals surface area contributed by atoms with E-state index >= 15 is 0 Å². The van der Waals surface area contributed by atoms with Crippen LogP contribution in [0.1, 0.15) is 5.76 Å². The van der Waals surface area contributed by atoms with Gasteiger partial charge in [-0.3, -0.25) is 4.90 Å². The molecule has 0 bridgehead atoms. The van der Waals surface area contributed by atoms with Crippen LogP contribution >= 0.6 is 0 Å². The van der Waals surface area contributed by atoms with Gasteiger partial charge in [0.05, 0.1) is 12.8 Å². The highest BCUT2D eigenvalue weighted by Gasteiger charge is 1.94. The molecule has 2 nitrogen and oxygen atoms in total. The van der Waals surface area contributed by atoms with Crippen LogP contribution in [0.5, 0.6) is 0 Å². The minimum Gasteiger partial charge on any atom is -0.468 e. The van der Waals surface area contributed by atoms with Crippen LogP contribution in [0.2, 0.25) is 0 Å². The summed E-state index contributed by atoms with van der Waals surface area (Å²) in [7, 11) is 5.59. The van der Waals surface area contributed by atoms with E-state index in [0.717, 1.165) is 12.3 Å². The van der Waals surface area contributed by atoms with Crippen molar-refractivity contribution < 1.29 is 4.42 Å². The lowest BCUT2D eigenvalue weighted by molar-refractivity contribution is 0.378. The zero-order valence-corrected chi connectivity index (χ0v) is 5.50. The van der Waals surface area contributed by atoms with E-state index in [1.165, 1.54) is 0 Å². The summed E-state index contributed by atoms with van der Waals surface area (Å²) in [6.07, 6.45) is 1.67. The summed E-state index contributed by atoms with van der Waals surface area (Å²) in [6.45, 7) is 0.771. The first-order chi connectivity index (χ1) is 4.29. The summed E-state index contributed by atoms with van der Waals surface area (Å²) in [5.74, 6) is 0.951. The van der Waals surface area contributed by atoms with E-state index in [-0.39, 0.29) is 0 Å². The second kappa shape index (κ2) is 2.69. The van der Waals surface area contributed by atoms with Gasteiger partial charge in [-0.15, -0.1) is 0 Å². The van der Waals surface area contributed by atoms with Gasteiger partial charge in [-0.2, -0.15) is 0 Å². The predicted molar refractivity (Wildman–Crippen MR) is 35.5 cm³/mol. The Labute approximate surface area is 55.1 Å². The van der Waals surface area contributed by atoms with Crippen molar-refractivity contribution in [1.29, 1.82) is 0 Å². The van der Waals surface area contributed by atoms with Crippen LogP contribution in [0.25, 0.3) is 0 Å². The monoisotopic (exact) mass is 124 g/mol. The Bertz CT molecular complexity index is 155. The molecule has 9 heavy (non-hydrogen) atoms. The first-order valence-electron chi connectivity index (χ1n) is 2.83. The SMILES string of the molecule is [CH2]N(C)Cc1ccco1. The van der Waals surface area contributed by atoms with Gasteiger partial charge in [0.1, 0.15) is 5.76 Å². The van der Waals surface area contributed by atoms with E-state index in [0.29, 0.717) is 0 Å². The quantitative estimate of drug-likeness (QED) is 0.594. The molecule has 0 fully saturated rings. The topological polar surface area (TPSA) is 16.4 Å². The summed E-state index contributed by atoms with van der Waals surface area (Å²) < 4.78 is 5.06. The van der Waals surface area contributed by atoms with Gasteiger partial charge >= 0.3 is 0 Å². The smallest absolute Gasteiger partial charge is 0.117 e. The molecular weight excluding hydrogens is 114 g/mol. The number of hydrogen-bond acceptors (Lipinski definition) is 2. The number of hydrogen-bond donors (Lipinski definition) is 0. The van der Waals surface area contributed by atoms with Gasteiger partial charge in [0, 0.05) is 7.05 Å². The van der Waals surface area contributed by atoms with E-state index in [4.69, 9.17) is 4.42 Å². The Morgan fingerprint density at radius 1 is 1.78 bits per heavy atom. The molecule has 0 saturated carbocycles. The maximum Gasteiger partial charge on any atom is 0.117 e. The summed E-state index contributed by atoms with van der Waals surface area (Å²) >= 11 is 0. The molecule has 0 spiro atoms. The predicted octanol–water partition coefficient (Wildman–Crippen LogP) is 1.50. The molecule has 1 radical (unpaired) electrons. The van der Waals surface area contributed by atoms with E-state index in [2.05, 4.69) is 7.05 Å². The average Bonchev–Trinajstić information content (AvgIpc) is 2.15. The van der Waals surface area contributed by atoms with Crippen molar-refractivity contribution in [2.45, 2.75) is 6.54 Å². The van der Waals surface area contributed by atoms with Crippen molar-refractivity contribution in [2.24, 2.45) is 0 Å². The van der Waals surface area contributed by atoms with Gasteiger partial charge in [0.25, 0.3) is 0 Å². The van der Waals surface area contributed by atoms with Crippen LogP contribution in [0.3, 0.4) is 0 Å². The van der Waals surface area contributed by atoms with Crippen molar-refractivity contribution in [2.75, 3.05) is 7.05 Å². The van der Waals surface area contributed by atoms with Gasteiger partial charge in [-0.25, -0.2) is 0 Å². The van der Waals surface area contributed by atoms with Crippen LogP contribution in [0, 0.1) is 7.05 Å². The van der Waals surface area contributed by atoms with E-state index in [1.54, 1.807) is 6.26 Å². The molecule has 49 valence electrons. The van der Waals surface area contributed by atoms with Gasteiger partial charge < -0.3 is 4.42 Å². The molecule has 1 rings (SSSR count). The second-order valence-electron chi connectivity index (χ2n) is 2.09. The fourth-order valence-corrected chi connectivity index (χ4v) is 0.669. The number of furan rings is 1. The van der Waals surface area contributed by atoms with Crippen LogP contribution in [0.4, 0.5) is 0 Å². The van der Waals surface area contributed by atoms with Crippen LogP contribution < -0.4 is 0 Å². The molecule has 0 aliphatic rings. The molecule has 0 atom stereocenters. The van der Waals surface area contributed by atoms with E-state index in [1.807, 2.05) is 24.1 Å². The third-order valence-electron chi connectivity index (χ3n) is 1.01. The average molecular weight is 124 g/mol. The standard InChI is InChI=1S/C7H10NO/c1-8(2)6-7-4-3-5-9-7/h3-5H,1,6H2,2H3. The summed E-state index contributed by atoms with van der Waals surface area (Å²) in [5, 5.41) is 0. The maximum absolute atomic E-state index is 5.06. The first kappa shape index (κ1) is 6.36. The minimum absolute atomic E-state index is 0.771. The fraction of sp³-hybridized carbons (Fsp3) is 0.286. The van der Waals surface area contributed by atoms with Crippen molar-refractivity contribution in [1.82, 2.24) is 4.90 Å². The Balaban J connectivity index is 2.48. The lowest BCUT2D eigenvalue weighted by atomic mass is 10.4. The highest BCUT2D eigenvalue weighted by atomic mass is 16.3. The maximum atomic E-state index is 5.06. The number of rotatable bonds is 2. The molecule has 0 aliphatic carbocycles. The van der Waals surface area contributed by atoms with Gasteiger partial charge in [-0.05, 0) is 19.2 Å². The molecular formula is C7H10NO. The summed E-state index contributed by atoms with van der Waals surface area (Å²) in [5.41, 5.74) is 0. The minimum atomic E-state index is 0.771. The zero-order chi connectivity index (χ0) is 6.69. The van der Waals surface area contributed by atoms with Gasteiger partial charge in [0.2, 0.25) is 0 Å². The molecule has 0 aliphatic heterocycles. The lowest BCUT2D eigenvalue weighted by Gasteiger charge is -2.04. The molecule has 1 heterocycles. The lowest BCUT2D eigenvalue weighted by Crippen LogP contribution is -2.06. The zero-order valence-electron chi connectivity index (χ0n) is 5.50. The van der Waals surface area contributed by atoms with E-state index < -0.39 is 0 Å². The summed E-state index contributed by atoms with van der Waals surface area (Å²) in [4.78, 5) is 1.82. The fourth-order valence-electron chi connectivity index (χ4n) is 0.669. The van der Waals surface area contributed by atoms with Crippen molar-refractivity contribution >= 4 is 0 Å². The Morgan fingerprint density at radius 3 is 3.00 bits per heavy atom. The highest BCUT2D eigenvalue weighted by molar-refractivity contribution is 4.97. The Morgan fingerprint density at radius 2 is 2.56 bits per heavy atom. The first-order valence-corrected chi connectivity index (χ1v) is 2.83. The van der Waals surface area contributed by atoms with Crippen LogP contribution in [-0.2, 0) is 6.54 Å². The molecule has 2 heteroatoms. The normalized spacial score (nSPS) is 10.6. The van der Waals surface area contributed by atoms with Crippen molar-refractivity contribution in [3.8, 4) is 0 Å².